The molecule has 6 heteroatoms. The Hall–Kier alpha value is -2.76. The van der Waals surface area contributed by atoms with Crippen LogP contribution in [0.15, 0.2) is 53.7 Å². The average Bonchev–Trinajstić information content (AvgIpc) is 2.64. The number of nitrogens with zero attached hydrogens (tertiary/aromatic N) is 2. The van der Waals surface area contributed by atoms with Crippen LogP contribution in [0.1, 0.15) is 12.5 Å². The Morgan fingerprint density at radius 3 is 2.75 bits per heavy atom. The number of benzene rings is 1. The quantitative estimate of drug-likeness (QED) is 0.442. The predicted octanol–water partition coefficient (Wildman–Crippen LogP) is 2.22. The van der Waals surface area contributed by atoms with Crippen molar-refractivity contribution in [2.24, 2.45) is 4.99 Å². The number of para-hydroxylation sites is 1. The first-order valence-electron chi connectivity index (χ1n) is 8.00. The number of aliphatic imine (C=N–C) groups is 1. The molecule has 6 nitrogen and oxygen atoms in total. The van der Waals surface area contributed by atoms with E-state index in [0.717, 1.165) is 23.8 Å². The van der Waals surface area contributed by atoms with Crippen LogP contribution in [0.5, 0.6) is 11.6 Å². The van der Waals surface area contributed by atoms with E-state index in [1.807, 2.05) is 49.4 Å². The summed E-state index contributed by atoms with van der Waals surface area (Å²) in [5.41, 5.74) is 1.04. The van der Waals surface area contributed by atoms with Crippen molar-refractivity contribution in [3.63, 3.8) is 0 Å². The lowest BCUT2D eigenvalue weighted by Crippen LogP contribution is -2.39. The molecule has 0 aliphatic rings. The van der Waals surface area contributed by atoms with Crippen LogP contribution >= 0.6 is 0 Å². The van der Waals surface area contributed by atoms with Gasteiger partial charge in [-0.25, -0.2) is 9.98 Å². The number of guanidine groups is 1. The van der Waals surface area contributed by atoms with Crippen molar-refractivity contribution in [2.45, 2.75) is 13.5 Å². The highest BCUT2D eigenvalue weighted by Crippen LogP contribution is 2.09. The fraction of sp³-hybridized carbons (Fsp3) is 0.333. The minimum Gasteiger partial charge on any atom is -0.492 e. The number of pyridine rings is 1. The Morgan fingerprint density at radius 2 is 2.00 bits per heavy atom. The predicted molar refractivity (Wildman–Crippen MR) is 95.5 cm³/mol. The smallest absolute Gasteiger partial charge is 0.213 e. The zero-order valence-electron chi connectivity index (χ0n) is 14.2. The van der Waals surface area contributed by atoms with E-state index in [1.165, 1.54) is 0 Å². The number of nitrogens with one attached hydrogen (secondary N) is 2. The van der Waals surface area contributed by atoms with E-state index >= 15 is 0 Å². The van der Waals surface area contributed by atoms with Gasteiger partial charge in [-0.15, -0.1) is 0 Å². The number of methoxy groups -OCH3 is 1. The van der Waals surface area contributed by atoms with Crippen molar-refractivity contribution in [3.8, 4) is 11.6 Å². The largest absolute Gasteiger partial charge is 0.492 e. The maximum absolute atomic E-state index is 5.66. The van der Waals surface area contributed by atoms with E-state index in [0.29, 0.717) is 25.6 Å². The Labute approximate surface area is 142 Å². The monoisotopic (exact) mass is 328 g/mol. The molecule has 0 bridgehead atoms. The fourth-order valence-corrected chi connectivity index (χ4v) is 2.03. The zero-order chi connectivity index (χ0) is 17.0. The molecule has 2 N–H and O–H groups in total. The Kier molecular flexibility index (Phi) is 7.40. The van der Waals surface area contributed by atoms with Gasteiger partial charge >= 0.3 is 0 Å². The summed E-state index contributed by atoms with van der Waals surface area (Å²) in [7, 11) is 1.60. The molecule has 0 saturated carbocycles. The van der Waals surface area contributed by atoms with E-state index in [1.54, 1.807) is 13.3 Å². The first-order chi connectivity index (χ1) is 11.8. The zero-order valence-corrected chi connectivity index (χ0v) is 14.2. The number of rotatable bonds is 8. The van der Waals surface area contributed by atoms with Gasteiger partial charge in [-0.2, -0.15) is 0 Å². The van der Waals surface area contributed by atoms with Gasteiger partial charge in [0.2, 0.25) is 5.88 Å². The summed E-state index contributed by atoms with van der Waals surface area (Å²) in [6.07, 6.45) is 1.72. The van der Waals surface area contributed by atoms with Gasteiger partial charge in [0.15, 0.2) is 5.96 Å². The Morgan fingerprint density at radius 1 is 1.17 bits per heavy atom. The molecule has 0 saturated heterocycles. The summed E-state index contributed by atoms with van der Waals surface area (Å²) in [4.78, 5) is 8.65. The normalized spacial score (nSPS) is 11.0. The highest BCUT2D eigenvalue weighted by atomic mass is 16.5. The van der Waals surface area contributed by atoms with Crippen LogP contribution in [-0.4, -0.2) is 37.7 Å². The van der Waals surface area contributed by atoms with Gasteiger partial charge in [0.05, 0.1) is 20.2 Å². The van der Waals surface area contributed by atoms with Gasteiger partial charge in [0.25, 0.3) is 0 Å². The second-order valence-electron chi connectivity index (χ2n) is 4.99. The molecule has 0 spiro atoms. The molecular weight excluding hydrogens is 304 g/mol. The maximum Gasteiger partial charge on any atom is 0.213 e. The van der Waals surface area contributed by atoms with Crippen molar-refractivity contribution in [3.05, 3.63) is 54.2 Å². The third-order valence-corrected chi connectivity index (χ3v) is 3.18. The minimum atomic E-state index is 0.549. The number of ether oxygens (including phenoxy) is 2. The highest BCUT2D eigenvalue weighted by Gasteiger charge is 2.00. The van der Waals surface area contributed by atoms with E-state index in [-0.39, 0.29) is 0 Å². The molecule has 0 aliphatic heterocycles. The number of hydrogen-bond donors (Lipinski definition) is 2. The van der Waals surface area contributed by atoms with Crippen molar-refractivity contribution in [1.82, 2.24) is 15.6 Å². The summed E-state index contributed by atoms with van der Waals surface area (Å²) in [5, 5.41) is 6.47. The third kappa shape index (κ3) is 6.16. The van der Waals surface area contributed by atoms with Gasteiger partial charge in [-0.3, -0.25) is 0 Å². The van der Waals surface area contributed by atoms with Gasteiger partial charge < -0.3 is 20.1 Å². The first-order valence-corrected chi connectivity index (χ1v) is 8.00. The van der Waals surface area contributed by atoms with Crippen molar-refractivity contribution < 1.29 is 9.47 Å². The van der Waals surface area contributed by atoms with Crippen molar-refractivity contribution >= 4 is 5.96 Å². The van der Waals surface area contributed by atoms with Gasteiger partial charge in [-0.05, 0) is 30.7 Å². The summed E-state index contributed by atoms with van der Waals surface area (Å²) in [5.74, 6) is 2.21. The SMILES string of the molecule is CCNC(=NCc1ccnc(OC)c1)NCCOc1ccccc1. The standard InChI is InChI=1S/C18H24N4O2/c1-3-19-18(21-11-12-24-16-7-5-4-6-8-16)22-14-15-9-10-20-17(13-15)23-2/h4-10,13H,3,11-12,14H2,1-2H3,(H2,19,21,22). The maximum atomic E-state index is 5.66. The van der Waals surface area contributed by atoms with E-state index in [9.17, 15) is 0 Å². The van der Waals surface area contributed by atoms with Crippen LogP contribution in [0.3, 0.4) is 0 Å². The molecule has 0 unspecified atom stereocenters. The lowest BCUT2D eigenvalue weighted by molar-refractivity contribution is 0.322. The minimum absolute atomic E-state index is 0.549. The molecule has 0 amide bonds. The topological polar surface area (TPSA) is 67.8 Å². The Bertz CT molecular complexity index is 632. The molecule has 128 valence electrons. The summed E-state index contributed by atoms with van der Waals surface area (Å²) < 4.78 is 10.8. The molecule has 0 aliphatic carbocycles. The number of hydrogen-bond acceptors (Lipinski definition) is 4. The molecule has 1 aromatic heterocycles. The van der Waals surface area contributed by atoms with Crippen LogP contribution < -0.4 is 20.1 Å². The summed E-state index contributed by atoms with van der Waals surface area (Å²) >= 11 is 0. The lowest BCUT2D eigenvalue weighted by Gasteiger charge is -2.12. The third-order valence-electron chi connectivity index (χ3n) is 3.18. The second-order valence-corrected chi connectivity index (χ2v) is 4.99. The first kappa shape index (κ1) is 17.6. The van der Waals surface area contributed by atoms with Crippen LogP contribution in [0.4, 0.5) is 0 Å². The van der Waals surface area contributed by atoms with Gasteiger partial charge in [0.1, 0.15) is 12.4 Å². The number of aromatic nitrogens is 1. The second kappa shape index (κ2) is 10.1. The molecule has 0 radical (unpaired) electrons. The van der Waals surface area contributed by atoms with Crippen LogP contribution in [0.25, 0.3) is 0 Å². The molecule has 24 heavy (non-hydrogen) atoms. The van der Waals surface area contributed by atoms with Crippen molar-refractivity contribution in [2.75, 3.05) is 26.8 Å². The summed E-state index contributed by atoms with van der Waals surface area (Å²) in [6, 6.07) is 13.6. The molecule has 1 aromatic carbocycles. The molecule has 2 aromatic rings. The molecule has 1 heterocycles. The lowest BCUT2D eigenvalue weighted by atomic mass is 10.3. The molecular formula is C18H24N4O2. The van der Waals surface area contributed by atoms with Gasteiger partial charge in [-0.1, -0.05) is 18.2 Å². The molecule has 0 atom stereocenters. The van der Waals surface area contributed by atoms with Crippen LogP contribution in [-0.2, 0) is 6.54 Å². The van der Waals surface area contributed by atoms with E-state index in [4.69, 9.17) is 9.47 Å². The molecule has 0 fully saturated rings. The Balaban J connectivity index is 1.81. The van der Waals surface area contributed by atoms with Crippen LogP contribution in [0.2, 0.25) is 0 Å². The van der Waals surface area contributed by atoms with E-state index in [2.05, 4.69) is 20.6 Å². The van der Waals surface area contributed by atoms with Crippen molar-refractivity contribution in [1.29, 1.82) is 0 Å². The summed E-state index contributed by atoms with van der Waals surface area (Å²) in [6.45, 7) is 4.61. The van der Waals surface area contributed by atoms with Crippen LogP contribution in [0, 0.1) is 0 Å². The fourth-order valence-electron chi connectivity index (χ4n) is 2.03. The van der Waals surface area contributed by atoms with Gasteiger partial charge in [0, 0.05) is 18.8 Å². The molecule has 2 rings (SSSR count). The highest BCUT2D eigenvalue weighted by molar-refractivity contribution is 5.79. The average molecular weight is 328 g/mol. The van der Waals surface area contributed by atoms with E-state index < -0.39 is 0 Å².